The van der Waals surface area contributed by atoms with E-state index in [2.05, 4.69) is 51.5 Å². The highest BCUT2D eigenvalue weighted by Gasteiger charge is 2.20. The molecule has 0 saturated carbocycles. The van der Waals surface area contributed by atoms with Gasteiger partial charge in [-0.05, 0) is 32.2 Å². The predicted octanol–water partition coefficient (Wildman–Crippen LogP) is 3.33. The van der Waals surface area contributed by atoms with Crippen LogP contribution in [0.4, 0.5) is 0 Å². The quantitative estimate of drug-likeness (QED) is 0.805. The molecule has 0 spiro atoms. The monoisotopic (exact) mass is 251 g/mol. The smallest absolute Gasteiger partial charge is 0.0672 e. The Morgan fingerprint density at radius 3 is 2.22 bits per heavy atom. The molecule has 1 unspecified atom stereocenters. The molecule has 0 saturated heterocycles. The Balaban J connectivity index is 3.16. The fourth-order valence-electron chi connectivity index (χ4n) is 2.60. The topological polar surface area (TPSA) is 29.9 Å². The SMILES string of the molecule is CCNC(C)c1c(CC)nn(CC(C)C)c1CC. The Labute approximate surface area is 112 Å². The lowest BCUT2D eigenvalue weighted by Crippen LogP contribution is -2.20. The maximum absolute atomic E-state index is 4.82. The highest BCUT2D eigenvalue weighted by molar-refractivity contribution is 5.30. The van der Waals surface area contributed by atoms with Gasteiger partial charge in [0.1, 0.15) is 0 Å². The molecule has 1 N–H and O–H groups in total. The molecular weight excluding hydrogens is 222 g/mol. The molecule has 18 heavy (non-hydrogen) atoms. The number of aromatic nitrogens is 2. The second kappa shape index (κ2) is 6.93. The summed E-state index contributed by atoms with van der Waals surface area (Å²) in [6.07, 6.45) is 2.08. The Hall–Kier alpha value is -0.830. The largest absolute Gasteiger partial charge is 0.310 e. The highest BCUT2D eigenvalue weighted by atomic mass is 15.3. The summed E-state index contributed by atoms with van der Waals surface area (Å²) in [6, 6.07) is 0.404. The molecule has 0 bridgehead atoms. The molecule has 1 heterocycles. The number of nitrogens with one attached hydrogen (secondary N) is 1. The average Bonchev–Trinajstić information content (AvgIpc) is 2.66. The molecule has 0 aromatic carbocycles. The van der Waals surface area contributed by atoms with Crippen molar-refractivity contribution in [2.75, 3.05) is 6.54 Å². The van der Waals surface area contributed by atoms with Gasteiger partial charge in [0, 0.05) is 23.8 Å². The van der Waals surface area contributed by atoms with E-state index in [0.717, 1.165) is 25.9 Å². The van der Waals surface area contributed by atoms with Crippen LogP contribution in [-0.4, -0.2) is 16.3 Å². The molecule has 0 radical (unpaired) electrons. The van der Waals surface area contributed by atoms with Crippen molar-refractivity contribution < 1.29 is 0 Å². The summed E-state index contributed by atoms with van der Waals surface area (Å²) in [7, 11) is 0. The summed E-state index contributed by atoms with van der Waals surface area (Å²) in [6.45, 7) is 15.4. The van der Waals surface area contributed by atoms with Crippen LogP contribution in [0, 0.1) is 5.92 Å². The maximum Gasteiger partial charge on any atom is 0.0672 e. The number of hydrogen-bond acceptors (Lipinski definition) is 2. The Kier molecular flexibility index (Phi) is 5.86. The van der Waals surface area contributed by atoms with Gasteiger partial charge in [-0.1, -0.05) is 34.6 Å². The molecule has 0 aliphatic rings. The third-order valence-electron chi connectivity index (χ3n) is 3.33. The van der Waals surface area contributed by atoms with Gasteiger partial charge >= 0.3 is 0 Å². The zero-order chi connectivity index (χ0) is 13.7. The summed E-state index contributed by atoms with van der Waals surface area (Å²) in [5, 5.41) is 8.34. The second-order valence-corrected chi connectivity index (χ2v) is 5.37. The van der Waals surface area contributed by atoms with Crippen molar-refractivity contribution in [2.45, 2.75) is 67.0 Å². The van der Waals surface area contributed by atoms with Crippen LogP contribution in [0.3, 0.4) is 0 Å². The fourth-order valence-corrected chi connectivity index (χ4v) is 2.60. The molecule has 1 rings (SSSR count). The molecule has 104 valence electrons. The van der Waals surface area contributed by atoms with Gasteiger partial charge in [0.25, 0.3) is 0 Å². The van der Waals surface area contributed by atoms with Crippen molar-refractivity contribution in [2.24, 2.45) is 5.92 Å². The standard InChI is InChI=1S/C15H29N3/c1-7-13-15(12(6)16-9-3)14(8-2)18(17-13)10-11(4)5/h11-12,16H,7-10H2,1-6H3. The summed E-state index contributed by atoms with van der Waals surface area (Å²) in [4.78, 5) is 0. The van der Waals surface area contributed by atoms with E-state index < -0.39 is 0 Å². The van der Waals surface area contributed by atoms with Crippen LogP contribution < -0.4 is 5.32 Å². The molecule has 0 fully saturated rings. The van der Waals surface area contributed by atoms with Gasteiger partial charge in [-0.25, -0.2) is 0 Å². The molecule has 0 aliphatic carbocycles. The van der Waals surface area contributed by atoms with Gasteiger partial charge in [-0.2, -0.15) is 5.10 Å². The van der Waals surface area contributed by atoms with Crippen LogP contribution in [0.15, 0.2) is 0 Å². The van der Waals surface area contributed by atoms with E-state index >= 15 is 0 Å². The van der Waals surface area contributed by atoms with Crippen molar-refractivity contribution in [3.8, 4) is 0 Å². The van der Waals surface area contributed by atoms with Gasteiger partial charge in [0.2, 0.25) is 0 Å². The molecule has 3 heteroatoms. The molecule has 1 atom stereocenters. The van der Waals surface area contributed by atoms with Crippen LogP contribution in [0.1, 0.15) is 64.5 Å². The predicted molar refractivity (Wildman–Crippen MR) is 77.9 cm³/mol. The first kappa shape index (κ1) is 15.2. The lowest BCUT2D eigenvalue weighted by molar-refractivity contribution is 0.465. The van der Waals surface area contributed by atoms with Crippen LogP contribution in [0.5, 0.6) is 0 Å². The lowest BCUT2D eigenvalue weighted by atomic mass is 10.0. The molecule has 3 nitrogen and oxygen atoms in total. The van der Waals surface area contributed by atoms with Crippen molar-refractivity contribution >= 4 is 0 Å². The van der Waals surface area contributed by atoms with E-state index in [0.29, 0.717) is 12.0 Å². The van der Waals surface area contributed by atoms with Crippen molar-refractivity contribution in [3.63, 3.8) is 0 Å². The third-order valence-corrected chi connectivity index (χ3v) is 3.33. The van der Waals surface area contributed by atoms with Crippen LogP contribution in [-0.2, 0) is 19.4 Å². The van der Waals surface area contributed by atoms with E-state index in [-0.39, 0.29) is 0 Å². The Morgan fingerprint density at radius 2 is 1.78 bits per heavy atom. The van der Waals surface area contributed by atoms with E-state index in [1.807, 2.05) is 0 Å². The number of hydrogen-bond donors (Lipinski definition) is 1. The Morgan fingerprint density at radius 1 is 1.11 bits per heavy atom. The van der Waals surface area contributed by atoms with Crippen LogP contribution in [0.2, 0.25) is 0 Å². The van der Waals surface area contributed by atoms with Crippen molar-refractivity contribution in [1.82, 2.24) is 15.1 Å². The van der Waals surface area contributed by atoms with Crippen molar-refractivity contribution in [3.05, 3.63) is 17.0 Å². The van der Waals surface area contributed by atoms with Gasteiger partial charge in [-0.3, -0.25) is 4.68 Å². The zero-order valence-electron chi connectivity index (χ0n) is 12.9. The normalized spacial score (nSPS) is 13.3. The molecular formula is C15H29N3. The van der Waals surface area contributed by atoms with Gasteiger partial charge in [-0.15, -0.1) is 0 Å². The average molecular weight is 251 g/mol. The fraction of sp³-hybridized carbons (Fsp3) is 0.800. The molecule has 0 aliphatic heterocycles. The van der Waals surface area contributed by atoms with E-state index in [1.165, 1.54) is 17.0 Å². The lowest BCUT2D eigenvalue weighted by Gasteiger charge is -2.15. The number of rotatable bonds is 7. The minimum atomic E-state index is 0.404. The van der Waals surface area contributed by atoms with E-state index in [1.54, 1.807) is 0 Å². The molecule has 1 aromatic rings. The second-order valence-electron chi connectivity index (χ2n) is 5.37. The minimum Gasteiger partial charge on any atom is -0.310 e. The summed E-state index contributed by atoms with van der Waals surface area (Å²) < 4.78 is 2.23. The van der Waals surface area contributed by atoms with E-state index in [9.17, 15) is 0 Å². The van der Waals surface area contributed by atoms with Crippen LogP contribution in [0.25, 0.3) is 0 Å². The molecule has 0 amide bonds. The first-order valence-electron chi connectivity index (χ1n) is 7.36. The van der Waals surface area contributed by atoms with Crippen molar-refractivity contribution in [1.29, 1.82) is 0 Å². The highest BCUT2D eigenvalue weighted by Crippen LogP contribution is 2.24. The summed E-state index contributed by atoms with van der Waals surface area (Å²) in [5.74, 6) is 0.641. The Bertz CT molecular complexity index is 366. The van der Waals surface area contributed by atoms with Gasteiger partial charge < -0.3 is 5.32 Å². The first-order valence-corrected chi connectivity index (χ1v) is 7.36. The summed E-state index contributed by atoms with van der Waals surface area (Å²) in [5.41, 5.74) is 4.11. The maximum atomic E-state index is 4.82. The van der Waals surface area contributed by atoms with E-state index in [4.69, 9.17) is 5.10 Å². The van der Waals surface area contributed by atoms with Crippen LogP contribution >= 0.6 is 0 Å². The number of aryl methyl sites for hydroxylation is 1. The first-order chi connectivity index (χ1) is 8.54. The minimum absolute atomic E-state index is 0.404. The van der Waals surface area contributed by atoms with Gasteiger partial charge in [0.05, 0.1) is 5.69 Å². The third kappa shape index (κ3) is 3.35. The summed E-state index contributed by atoms with van der Waals surface area (Å²) >= 11 is 0. The molecule has 1 aromatic heterocycles. The zero-order valence-corrected chi connectivity index (χ0v) is 12.9. The number of nitrogens with zero attached hydrogens (tertiary/aromatic N) is 2. The van der Waals surface area contributed by atoms with Gasteiger partial charge in [0.15, 0.2) is 0 Å².